The summed E-state index contributed by atoms with van der Waals surface area (Å²) in [4.78, 5) is 1.35. The SMILES string of the molecule is CC#C[NH+](CC)CC.O=S(=O)([O-])[O-]. The van der Waals surface area contributed by atoms with Crippen molar-refractivity contribution in [2.45, 2.75) is 20.8 Å². The van der Waals surface area contributed by atoms with Crippen LogP contribution in [0.1, 0.15) is 20.8 Å². The molecule has 0 aliphatic rings. The van der Waals surface area contributed by atoms with E-state index in [1.54, 1.807) is 0 Å². The van der Waals surface area contributed by atoms with E-state index in [9.17, 15) is 0 Å². The maximum Gasteiger partial charge on any atom is 0.135 e. The summed E-state index contributed by atoms with van der Waals surface area (Å²) < 4.78 is 34.1. The van der Waals surface area contributed by atoms with Crippen molar-refractivity contribution in [3.8, 4) is 12.0 Å². The van der Waals surface area contributed by atoms with Gasteiger partial charge in [-0.2, -0.15) is 0 Å². The zero-order valence-electron chi connectivity index (χ0n) is 7.96. The molecule has 0 atom stereocenters. The molecule has 0 saturated carbocycles. The summed E-state index contributed by atoms with van der Waals surface area (Å²) in [6, 6.07) is 3.05. The van der Waals surface area contributed by atoms with Gasteiger partial charge >= 0.3 is 0 Å². The van der Waals surface area contributed by atoms with Crippen molar-refractivity contribution in [1.82, 2.24) is 0 Å². The van der Waals surface area contributed by atoms with E-state index in [0.29, 0.717) is 0 Å². The van der Waals surface area contributed by atoms with Crippen LogP contribution in [0.4, 0.5) is 0 Å². The summed E-state index contributed by atoms with van der Waals surface area (Å²) >= 11 is 0. The van der Waals surface area contributed by atoms with Crippen molar-refractivity contribution in [3.05, 3.63) is 0 Å². The van der Waals surface area contributed by atoms with E-state index >= 15 is 0 Å². The molecule has 0 amide bonds. The molecule has 0 radical (unpaired) electrons. The van der Waals surface area contributed by atoms with Crippen LogP contribution in [0, 0.1) is 12.0 Å². The fourth-order valence-electron chi connectivity index (χ4n) is 0.604. The fourth-order valence-corrected chi connectivity index (χ4v) is 0.604. The van der Waals surface area contributed by atoms with Crippen molar-refractivity contribution in [1.29, 1.82) is 0 Å². The maximum absolute atomic E-state index is 8.52. The Balaban J connectivity index is 0. The van der Waals surface area contributed by atoms with E-state index in [4.69, 9.17) is 17.5 Å². The molecule has 0 aliphatic heterocycles. The monoisotopic (exact) mass is 208 g/mol. The Bertz CT molecular complexity index is 250. The van der Waals surface area contributed by atoms with Crippen LogP contribution in [-0.4, -0.2) is 30.6 Å². The average molecular weight is 208 g/mol. The van der Waals surface area contributed by atoms with Crippen LogP contribution in [0.15, 0.2) is 0 Å². The molecule has 0 heterocycles. The number of nitrogens with one attached hydrogen (secondary N) is 1. The van der Waals surface area contributed by atoms with Gasteiger partial charge in [-0.3, -0.25) is 13.3 Å². The molecule has 13 heavy (non-hydrogen) atoms. The third kappa shape index (κ3) is 24.6. The minimum Gasteiger partial charge on any atom is -0.759 e. The molecule has 78 valence electrons. The first-order valence-electron chi connectivity index (χ1n) is 3.79. The highest BCUT2D eigenvalue weighted by Crippen LogP contribution is 1.57. The lowest BCUT2D eigenvalue weighted by atomic mass is 10.5. The molecule has 0 aromatic heterocycles. The standard InChI is InChI=1S/C7H13N.H2O4S/c1-4-7-8(5-2)6-3;1-5(2,3)4/h5-6H2,1-3H3;(H2,1,2,3,4)/p-1. The Morgan fingerprint density at radius 3 is 1.62 bits per heavy atom. The van der Waals surface area contributed by atoms with E-state index in [1.165, 1.54) is 4.90 Å². The lowest BCUT2D eigenvalue weighted by molar-refractivity contribution is -0.825. The molecule has 0 unspecified atom stereocenters. The molecule has 0 rings (SSSR count). The molecular formula is C7H14NO4S-. The molecule has 1 N–H and O–H groups in total. The van der Waals surface area contributed by atoms with E-state index in [-0.39, 0.29) is 0 Å². The second kappa shape index (κ2) is 8.01. The number of hydrogen-bond donors (Lipinski definition) is 1. The van der Waals surface area contributed by atoms with Gasteiger partial charge in [0.25, 0.3) is 0 Å². The Labute approximate surface area is 79.3 Å². The van der Waals surface area contributed by atoms with E-state index in [0.717, 1.165) is 13.1 Å². The molecule has 0 aliphatic carbocycles. The maximum atomic E-state index is 8.52. The van der Waals surface area contributed by atoms with Crippen molar-refractivity contribution in [2.24, 2.45) is 0 Å². The lowest BCUT2D eigenvalue weighted by Gasteiger charge is -2.06. The second-order valence-electron chi connectivity index (χ2n) is 2.09. The van der Waals surface area contributed by atoms with Gasteiger partial charge in [-0.05, 0) is 19.8 Å². The minimum absolute atomic E-state index is 1.11. The van der Waals surface area contributed by atoms with Gasteiger partial charge in [0.15, 0.2) is 0 Å². The normalized spacial score (nSPS) is 9.69. The van der Waals surface area contributed by atoms with Crippen molar-refractivity contribution < 1.29 is 22.4 Å². The van der Waals surface area contributed by atoms with Crippen LogP contribution in [0.25, 0.3) is 0 Å². The van der Waals surface area contributed by atoms with Crippen molar-refractivity contribution in [2.75, 3.05) is 13.1 Å². The van der Waals surface area contributed by atoms with E-state index in [1.807, 2.05) is 6.92 Å². The Kier molecular flexibility index (Phi) is 9.17. The van der Waals surface area contributed by atoms with Gasteiger partial charge in [0.2, 0.25) is 0 Å². The Morgan fingerprint density at radius 2 is 1.54 bits per heavy atom. The highest BCUT2D eigenvalue weighted by atomic mass is 32.3. The van der Waals surface area contributed by atoms with Gasteiger partial charge in [0.05, 0.1) is 13.1 Å². The Morgan fingerprint density at radius 1 is 1.23 bits per heavy atom. The topological polar surface area (TPSA) is 84.7 Å². The zero-order valence-corrected chi connectivity index (χ0v) is 8.77. The first-order valence-corrected chi connectivity index (χ1v) is 5.12. The van der Waals surface area contributed by atoms with Gasteiger partial charge in [0.1, 0.15) is 6.04 Å². The number of hydrogen-bond acceptors (Lipinski definition) is 4. The van der Waals surface area contributed by atoms with Crippen molar-refractivity contribution in [3.63, 3.8) is 0 Å². The summed E-state index contributed by atoms with van der Waals surface area (Å²) in [7, 11) is -5.17. The molecule has 0 spiro atoms. The summed E-state index contributed by atoms with van der Waals surface area (Å²) in [6.45, 7) is 8.38. The highest BCUT2D eigenvalue weighted by molar-refractivity contribution is 7.79. The van der Waals surface area contributed by atoms with E-state index < -0.39 is 10.4 Å². The molecule has 0 saturated heterocycles. The number of quaternary nitrogens is 1. The molecule has 5 nitrogen and oxygen atoms in total. The summed E-state index contributed by atoms with van der Waals surface area (Å²) in [5, 5.41) is 0. The minimum atomic E-state index is -5.17. The first-order chi connectivity index (χ1) is 5.85. The lowest BCUT2D eigenvalue weighted by Crippen LogP contribution is -3.07. The summed E-state index contributed by atoms with van der Waals surface area (Å²) in [5.41, 5.74) is 0. The second-order valence-corrected chi connectivity index (χ2v) is 2.91. The quantitative estimate of drug-likeness (QED) is 0.342. The summed E-state index contributed by atoms with van der Waals surface area (Å²) in [5.74, 6) is 2.88. The van der Waals surface area contributed by atoms with Gasteiger partial charge in [-0.25, -0.2) is 0 Å². The van der Waals surface area contributed by atoms with Gasteiger partial charge in [0, 0.05) is 17.3 Å². The van der Waals surface area contributed by atoms with Crippen molar-refractivity contribution >= 4 is 10.4 Å². The molecule has 0 fully saturated rings. The van der Waals surface area contributed by atoms with Gasteiger partial charge in [-0.15, -0.1) is 0 Å². The highest BCUT2D eigenvalue weighted by Gasteiger charge is 1.92. The molecular weight excluding hydrogens is 194 g/mol. The first kappa shape index (κ1) is 14.9. The third-order valence-electron chi connectivity index (χ3n) is 1.16. The largest absolute Gasteiger partial charge is 0.759 e. The van der Waals surface area contributed by atoms with Crippen LogP contribution < -0.4 is 4.90 Å². The smallest absolute Gasteiger partial charge is 0.135 e. The van der Waals surface area contributed by atoms with Crippen LogP contribution in [0.3, 0.4) is 0 Å². The predicted octanol–water partition coefficient (Wildman–Crippen LogP) is -1.45. The molecule has 0 aromatic carbocycles. The predicted molar refractivity (Wildman–Crippen MR) is 46.0 cm³/mol. The molecule has 0 bridgehead atoms. The van der Waals surface area contributed by atoms with Crippen LogP contribution >= 0.6 is 0 Å². The van der Waals surface area contributed by atoms with Gasteiger partial charge < -0.3 is 9.11 Å². The summed E-state index contributed by atoms with van der Waals surface area (Å²) in [6.07, 6.45) is 0. The van der Waals surface area contributed by atoms with Crippen LogP contribution in [-0.2, 0) is 10.4 Å². The fraction of sp³-hybridized carbons (Fsp3) is 0.714. The zero-order chi connectivity index (χ0) is 10.9. The van der Waals surface area contributed by atoms with Gasteiger partial charge in [-0.1, -0.05) is 0 Å². The van der Waals surface area contributed by atoms with Crippen LogP contribution in [0.2, 0.25) is 0 Å². The molecule has 0 aromatic rings. The number of rotatable bonds is 2. The van der Waals surface area contributed by atoms with Crippen LogP contribution in [0.5, 0.6) is 0 Å². The Hall–Kier alpha value is -0.610. The van der Waals surface area contributed by atoms with E-state index in [2.05, 4.69) is 25.8 Å². The molecule has 6 heteroatoms. The average Bonchev–Trinajstić information content (AvgIpc) is 1.97. The third-order valence-corrected chi connectivity index (χ3v) is 1.16.